The minimum atomic E-state index is -0.505. The van der Waals surface area contributed by atoms with Crippen molar-refractivity contribution in [1.82, 2.24) is 20.2 Å². The Morgan fingerprint density at radius 2 is 1.81 bits per heavy atom. The summed E-state index contributed by atoms with van der Waals surface area (Å²) in [5, 5.41) is 14.2. The minimum Gasteiger partial charge on any atom is -0.387 e. The first-order valence-corrected chi connectivity index (χ1v) is 13.7. The fourth-order valence-electron chi connectivity index (χ4n) is 6.64. The Kier molecular flexibility index (Phi) is 6.03. The Labute approximate surface area is 214 Å². The van der Waals surface area contributed by atoms with Gasteiger partial charge in [0, 0.05) is 43.3 Å². The Morgan fingerprint density at radius 1 is 1.08 bits per heavy atom. The van der Waals surface area contributed by atoms with Crippen LogP contribution in [0.15, 0.2) is 30.6 Å². The van der Waals surface area contributed by atoms with Gasteiger partial charge in [-0.05, 0) is 68.9 Å². The summed E-state index contributed by atoms with van der Waals surface area (Å²) in [6.07, 6.45) is 6.44. The van der Waals surface area contributed by atoms with Crippen molar-refractivity contribution in [2.75, 3.05) is 31.1 Å². The molecule has 0 spiro atoms. The van der Waals surface area contributed by atoms with Gasteiger partial charge in [0.2, 0.25) is 5.91 Å². The van der Waals surface area contributed by atoms with E-state index in [2.05, 4.69) is 70.1 Å². The Bertz CT molecular complexity index is 1120. The van der Waals surface area contributed by atoms with Crippen molar-refractivity contribution in [3.05, 3.63) is 53.0 Å². The highest BCUT2D eigenvalue weighted by atomic mass is 16.3. The maximum absolute atomic E-state index is 14.1. The third-order valence-electron chi connectivity index (χ3n) is 8.84. The number of carbonyl (C=O) groups excluding carboxylic acids is 1. The van der Waals surface area contributed by atoms with Crippen molar-refractivity contribution in [1.29, 1.82) is 0 Å². The lowest BCUT2D eigenvalue weighted by molar-refractivity contribution is -0.133. The second-order valence-corrected chi connectivity index (χ2v) is 12.1. The first-order chi connectivity index (χ1) is 17.3. The second-order valence-electron chi connectivity index (χ2n) is 12.1. The van der Waals surface area contributed by atoms with Crippen LogP contribution in [-0.2, 0) is 4.79 Å². The van der Waals surface area contributed by atoms with Crippen molar-refractivity contribution >= 4 is 11.7 Å². The van der Waals surface area contributed by atoms with Crippen LogP contribution in [0.3, 0.4) is 0 Å². The number of carbonyl (C=O) groups is 1. The van der Waals surface area contributed by atoms with Gasteiger partial charge in [-0.1, -0.05) is 31.2 Å². The van der Waals surface area contributed by atoms with Crippen LogP contribution in [0.4, 0.5) is 5.82 Å². The molecule has 1 aromatic carbocycles. The minimum absolute atomic E-state index is 0.0600. The number of anilines is 1. The molecule has 36 heavy (non-hydrogen) atoms. The molecule has 3 fully saturated rings. The standard InChI is InChI=1S/C29H39N5O2/c1-18-16-23(35)26-24(18)27(31-17-30-26)33-12-14-34(15-13-33)28(36)25(22-10-11-29(2,3)32-22)21-8-6-20(7-9-21)19-4-5-19/h6-9,17-19,22-23,25,32,35H,4-5,10-16H2,1-3H3/t18-,22?,23-,25?/m1/s1. The fraction of sp³-hybridized carbons (Fsp3) is 0.621. The predicted octanol–water partition coefficient (Wildman–Crippen LogP) is 3.86. The molecule has 4 atom stereocenters. The quantitative estimate of drug-likeness (QED) is 0.664. The van der Waals surface area contributed by atoms with Crippen molar-refractivity contribution in [2.24, 2.45) is 0 Å². The third kappa shape index (κ3) is 4.41. The summed E-state index contributed by atoms with van der Waals surface area (Å²) in [6.45, 7) is 9.46. The normalized spacial score (nSPS) is 28.3. The molecule has 1 saturated carbocycles. The molecule has 2 saturated heterocycles. The summed E-state index contributed by atoms with van der Waals surface area (Å²) < 4.78 is 0. The zero-order chi connectivity index (χ0) is 25.0. The highest BCUT2D eigenvalue weighted by Gasteiger charge is 2.41. The lowest BCUT2D eigenvalue weighted by Gasteiger charge is -2.39. The number of nitrogens with one attached hydrogen (secondary N) is 1. The topological polar surface area (TPSA) is 81.6 Å². The van der Waals surface area contributed by atoms with Crippen LogP contribution in [0.5, 0.6) is 0 Å². The molecule has 7 heteroatoms. The zero-order valence-electron chi connectivity index (χ0n) is 21.8. The molecule has 0 bridgehead atoms. The Balaban J connectivity index is 1.20. The van der Waals surface area contributed by atoms with E-state index in [9.17, 15) is 9.90 Å². The summed E-state index contributed by atoms with van der Waals surface area (Å²) in [5.74, 6) is 1.97. The first kappa shape index (κ1) is 23.9. The van der Waals surface area contributed by atoms with Gasteiger partial charge in [0.1, 0.15) is 12.1 Å². The molecule has 2 aliphatic heterocycles. The van der Waals surface area contributed by atoms with E-state index in [1.807, 2.05) is 0 Å². The number of aromatic nitrogens is 2. The lowest BCUT2D eigenvalue weighted by Crippen LogP contribution is -2.53. The number of amides is 1. The number of piperazine rings is 1. The molecule has 7 nitrogen and oxygen atoms in total. The summed E-state index contributed by atoms with van der Waals surface area (Å²) >= 11 is 0. The number of aliphatic hydroxyl groups excluding tert-OH is 1. The SMILES string of the molecule is C[C@@H]1C[C@@H](O)c2ncnc(N3CCN(C(=O)C(c4ccc(C5CC5)cc4)C4CCC(C)(C)N4)CC3)c21. The number of hydrogen-bond donors (Lipinski definition) is 2. The van der Waals surface area contributed by atoms with Crippen LogP contribution >= 0.6 is 0 Å². The summed E-state index contributed by atoms with van der Waals surface area (Å²) in [4.78, 5) is 27.4. The first-order valence-electron chi connectivity index (χ1n) is 13.7. The van der Waals surface area contributed by atoms with Crippen LogP contribution in [0.25, 0.3) is 0 Å². The van der Waals surface area contributed by atoms with E-state index in [0.717, 1.165) is 54.5 Å². The molecule has 6 rings (SSSR count). The van der Waals surface area contributed by atoms with E-state index in [-0.39, 0.29) is 29.3 Å². The number of nitrogens with zero attached hydrogens (tertiary/aromatic N) is 4. The molecule has 1 aromatic heterocycles. The van der Waals surface area contributed by atoms with Crippen LogP contribution in [0, 0.1) is 0 Å². The smallest absolute Gasteiger partial charge is 0.231 e. The molecule has 2 unspecified atom stereocenters. The summed E-state index contributed by atoms with van der Waals surface area (Å²) in [6, 6.07) is 9.06. The van der Waals surface area contributed by atoms with Gasteiger partial charge in [0.05, 0.1) is 17.7 Å². The largest absolute Gasteiger partial charge is 0.387 e. The second kappa shape index (κ2) is 9.10. The molecular formula is C29H39N5O2. The Morgan fingerprint density at radius 3 is 2.44 bits per heavy atom. The molecule has 1 amide bonds. The maximum Gasteiger partial charge on any atom is 0.231 e. The van der Waals surface area contributed by atoms with Crippen molar-refractivity contribution < 1.29 is 9.90 Å². The molecule has 192 valence electrons. The van der Waals surface area contributed by atoms with Crippen LogP contribution < -0.4 is 10.2 Å². The van der Waals surface area contributed by atoms with Gasteiger partial charge in [-0.3, -0.25) is 4.79 Å². The van der Waals surface area contributed by atoms with E-state index in [1.165, 1.54) is 18.4 Å². The van der Waals surface area contributed by atoms with Crippen molar-refractivity contribution in [3.63, 3.8) is 0 Å². The molecule has 0 radical (unpaired) electrons. The molecule has 3 heterocycles. The van der Waals surface area contributed by atoms with Gasteiger partial charge in [-0.25, -0.2) is 9.97 Å². The van der Waals surface area contributed by atoms with E-state index >= 15 is 0 Å². The summed E-state index contributed by atoms with van der Waals surface area (Å²) in [5.41, 5.74) is 4.46. The highest BCUT2D eigenvalue weighted by Crippen LogP contribution is 2.43. The van der Waals surface area contributed by atoms with Crippen molar-refractivity contribution in [3.8, 4) is 0 Å². The van der Waals surface area contributed by atoms with E-state index in [1.54, 1.807) is 6.33 Å². The third-order valence-corrected chi connectivity index (χ3v) is 8.84. The van der Waals surface area contributed by atoms with Gasteiger partial charge in [-0.2, -0.15) is 0 Å². The number of rotatable bonds is 5. The fourth-order valence-corrected chi connectivity index (χ4v) is 6.64. The number of aliphatic hydroxyl groups is 1. The highest BCUT2D eigenvalue weighted by molar-refractivity contribution is 5.85. The van der Waals surface area contributed by atoms with Crippen LogP contribution in [-0.4, -0.2) is 63.6 Å². The van der Waals surface area contributed by atoms with Crippen LogP contribution in [0.1, 0.15) is 99.1 Å². The van der Waals surface area contributed by atoms with E-state index < -0.39 is 6.10 Å². The van der Waals surface area contributed by atoms with Gasteiger partial charge < -0.3 is 20.2 Å². The molecule has 4 aliphatic rings. The van der Waals surface area contributed by atoms with Crippen LogP contribution in [0.2, 0.25) is 0 Å². The summed E-state index contributed by atoms with van der Waals surface area (Å²) in [7, 11) is 0. The van der Waals surface area contributed by atoms with Gasteiger partial charge >= 0.3 is 0 Å². The van der Waals surface area contributed by atoms with Crippen molar-refractivity contribution in [2.45, 2.75) is 88.3 Å². The molecule has 2 aromatic rings. The predicted molar refractivity (Wildman–Crippen MR) is 140 cm³/mol. The average Bonchev–Trinajstić information content (AvgIpc) is 3.61. The number of fused-ring (bicyclic) bond motifs is 1. The van der Waals surface area contributed by atoms with Gasteiger partial charge in [0.25, 0.3) is 0 Å². The van der Waals surface area contributed by atoms with Gasteiger partial charge in [-0.15, -0.1) is 0 Å². The molecule has 2 aliphatic carbocycles. The lowest BCUT2D eigenvalue weighted by atomic mass is 9.88. The monoisotopic (exact) mass is 489 g/mol. The van der Waals surface area contributed by atoms with Gasteiger partial charge in [0.15, 0.2) is 0 Å². The Hall–Kier alpha value is -2.51. The average molecular weight is 490 g/mol. The molecule has 2 N–H and O–H groups in total. The van der Waals surface area contributed by atoms with E-state index in [0.29, 0.717) is 19.5 Å². The molecular weight excluding hydrogens is 450 g/mol. The van der Waals surface area contributed by atoms with E-state index in [4.69, 9.17) is 0 Å². The zero-order valence-corrected chi connectivity index (χ0v) is 21.8. The number of hydrogen-bond acceptors (Lipinski definition) is 6. The maximum atomic E-state index is 14.1. The number of benzene rings is 1.